The molecule has 12 nitrogen and oxygen atoms in total. The molecule has 1 aliphatic carbocycles. The van der Waals surface area contributed by atoms with Crippen molar-refractivity contribution in [3.05, 3.63) is 11.8 Å². The maximum atomic E-state index is 11.3. The first-order chi connectivity index (χ1) is 15.6. The van der Waals surface area contributed by atoms with Gasteiger partial charge in [-0.25, -0.2) is 0 Å². The van der Waals surface area contributed by atoms with Gasteiger partial charge in [0.25, 0.3) is 0 Å². The van der Waals surface area contributed by atoms with Crippen LogP contribution in [0.2, 0.25) is 0 Å². The maximum Gasteiger partial charge on any atom is 0.215 e. The molecule has 0 radical (unpaired) electrons. The van der Waals surface area contributed by atoms with Gasteiger partial charge in [-0.3, -0.25) is 0 Å². The molecule has 3 rings (SSSR count). The molecule has 0 aromatic carbocycles. The molecule has 2 aliphatic heterocycles. The molecule has 0 bridgehead atoms. The quantitative estimate of drug-likeness (QED) is 0.175. The molecule has 3 aliphatic rings. The van der Waals surface area contributed by atoms with E-state index in [9.17, 15) is 15.3 Å². The summed E-state index contributed by atoms with van der Waals surface area (Å²) in [5.41, 5.74) is 16.9. The van der Waals surface area contributed by atoms with Crippen LogP contribution < -0.4 is 27.8 Å². The second kappa shape index (κ2) is 11.2. The highest BCUT2D eigenvalue weighted by Gasteiger charge is 2.51. The van der Waals surface area contributed by atoms with Crippen molar-refractivity contribution in [1.29, 1.82) is 0 Å². The van der Waals surface area contributed by atoms with E-state index in [-0.39, 0.29) is 19.2 Å². The number of rotatable bonds is 8. The van der Waals surface area contributed by atoms with Crippen molar-refractivity contribution in [1.82, 2.24) is 10.6 Å². The van der Waals surface area contributed by atoms with Crippen LogP contribution in [0, 0.1) is 0 Å². The van der Waals surface area contributed by atoms with Gasteiger partial charge >= 0.3 is 0 Å². The number of hydrogen-bond acceptors (Lipinski definition) is 12. The zero-order valence-electron chi connectivity index (χ0n) is 19.6. The second-order valence-electron chi connectivity index (χ2n) is 9.31. The number of aliphatic hydroxyl groups excluding tert-OH is 2. The molecule has 0 amide bonds. The molecule has 33 heavy (non-hydrogen) atoms. The van der Waals surface area contributed by atoms with Crippen LogP contribution in [0.15, 0.2) is 11.8 Å². The van der Waals surface area contributed by atoms with Crippen LogP contribution >= 0.6 is 0 Å². The number of hydrogen-bond donors (Lipinski definition) is 8. The summed E-state index contributed by atoms with van der Waals surface area (Å²) < 4.78 is 23.6. The summed E-state index contributed by atoms with van der Waals surface area (Å²) in [4.78, 5) is 0. The van der Waals surface area contributed by atoms with Gasteiger partial charge in [0.1, 0.15) is 35.8 Å². The Bertz CT molecular complexity index is 669. The fourth-order valence-corrected chi connectivity index (χ4v) is 4.86. The van der Waals surface area contributed by atoms with Crippen LogP contribution in [0.5, 0.6) is 0 Å². The fourth-order valence-electron chi connectivity index (χ4n) is 4.86. The average Bonchev–Trinajstić information content (AvgIpc) is 2.76. The van der Waals surface area contributed by atoms with Crippen molar-refractivity contribution in [2.24, 2.45) is 17.2 Å². The molecule has 0 aromatic rings. The van der Waals surface area contributed by atoms with Crippen molar-refractivity contribution >= 4 is 0 Å². The summed E-state index contributed by atoms with van der Waals surface area (Å²) in [5.74, 6) is 0.572. The lowest BCUT2D eigenvalue weighted by molar-refractivity contribution is -0.304. The second-order valence-corrected chi connectivity index (χ2v) is 9.31. The van der Waals surface area contributed by atoms with Crippen molar-refractivity contribution in [3.63, 3.8) is 0 Å². The van der Waals surface area contributed by atoms with Crippen LogP contribution in [0.1, 0.15) is 26.7 Å². The summed E-state index contributed by atoms with van der Waals surface area (Å²) in [6.07, 6.45) is -3.05. The monoisotopic (exact) mass is 475 g/mol. The van der Waals surface area contributed by atoms with Crippen LogP contribution in [0.25, 0.3) is 0 Å². The third-order valence-electron chi connectivity index (χ3n) is 6.64. The van der Waals surface area contributed by atoms with Crippen LogP contribution in [-0.4, -0.2) is 109 Å². The van der Waals surface area contributed by atoms with Crippen LogP contribution in [-0.2, 0) is 18.9 Å². The minimum absolute atomic E-state index is 0.0483. The first-order valence-electron chi connectivity index (χ1n) is 11.6. The van der Waals surface area contributed by atoms with Crippen molar-refractivity contribution in [2.75, 3.05) is 26.7 Å². The average molecular weight is 476 g/mol. The number of aliphatic hydroxyl groups is 3. The molecule has 1 saturated carbocycles. The first kappa shape index (κ1) is 26.7. The van der Waals surface area contributed by atoms with E-state index in [1.807, 2.05) is 13.0 Å². The van der Waals surface area contributed by atoms with Gasteiger partial charge in [0.05, 0.1) is 25.2 Å². The van der Waals surface area contributed by atoms with Crippen molar-refractivity contribution in [2.45, 2.75) is 93.5 Å². The van der Waals surface area contributed by atoms with Gasteiger partial charge in [-0.2, -0.15) is 0 Å². The van der Waals surface area contributed by atoms with Crippen molar-refractivity contribution in [3.8, 4) is 0 Å². The molecule has 0 aromatic heterocycles. The summed E-state index contributed by atoms with van der Waals surface area (Å²) in [7, 11) is 1.64. The molecule has 12 heteroatoms. The molecule has 2 fully saturated rings. The summed E-state index contributed by atoms with van der Waals surface area (Å²) in [5, 5.41) is 38.8. The minimum atomic E-state index is -1.28. The van der Waals surface area contributed by atoms with E-state index < -0.39 is 60.7 Å². The van der Waals surface area contributed by atoms with Gasteiger partial charge in [0, 0.05) is 12.1 Å². The van der Waals surface area contributed by atoms with Gasteiger partial charge in [0.2, 0.25) is 6.29 Å². The number of likely N-dealkylation sites (N-methyl/N-ethyl adjacent to an activating group) is 2. The standard InChI is InChI=1S/C21H41N5O7/c1-4-26-13-7-12(24)16(32-19-11(23)6-5-10(8-22)31-19)14(27)17(13)33-20-15(28)18(25-3)21(2,29)9-30-20/h5,11-20,25-29H,4,6-9,22-24H2,1-3H3/t11-,12-,13-,14+,15-,16+,17-,18+,19-,20-,21+/m1/s1. The third kappa shape index (κ3) is 5.85. The Balaban J connectivity index is 1.75. The van der Waals surface area contributed by atoms with Crippen LogP contribution in [0.3, 0.4) is 0 Å². The molecular formula is C21H41N5O7. The lowest BCUT2D eigenvalue weighted by Gasteiger charge is -2.49. The smallest absolute Gasteiger partial charge is 0.215 e. The Morgan fingerprint density at radius 3 is 2.48 bits per heavy atom. The molecule has 1 saturated heterocycles. The Labute approximate surface area is 194 Å². The van der Waals surface area contributed by atoms with E-state index in [2.05, 4.69) is 10.6 Å². The third-order valence-corrected chi connectivity index (χ3v) is 6.64. The predicted octanol–water partition coefficient (Wildman–Crippen LogP) is -3.20. The van der Waals surface area contributed by atoms with E-state index >= 15 is 0 Å². The molecule has 0 spiro atoms. The highest BCUT2D eigenvalue weighted by atomic mass is 16.7. The first-order valence-corrected chi connectivity index (χ1v) is 11.6. The van der Waals surface area contributed by atoms with Gasteiger partial charge in [-0.15, -0.1) is 0 Å². The highest BCUT2D eigenvalue weighted by Crippen LogP contribution is 2.31. The summed E-state index contributed by atoms with van der Waals surface area (Å²) in [6.45, 7) is 4.30. The van der Waals surface area contributed by atoms with E-state index in [1.165, 1.54) is 0 Å². The molecule has 192 valence electrons. The number of nitrogens with two attached hydrogens (primary N) is 3. The van der Waals surface area contributed by atoms with Crippen molar-refractivity contribution < 1.29 is 34.3 Å². The van der Waals surface area contributed by atoms with Gasteiger partial charge in [-0.05, 0) is 39.4 Å². The van der Waals surface area contributed by atoms with E-state index in [4.69, 9.17) is 36.1 Å². The Morgan fingerprint density at radius 1 is 1.15 bits per heavy atom. The maximum absolute atomic E-state index is 11.3. The Hall–Kier alpha value is -0.900. The van der Waals surface area contributed by atoms with Gasteiger partial charge in [-0.1, -0.05) is 6.92 Å². The van der Waals surface area contributed by atoms with E-state index in [0.29, 0.717) is 25.1 Å². The van der Waals surface area contributed by atoms with E-state index in [0.717, 1.165) is 0 Å². The Morgan fingerprint density at radius 2 is 1.85 bits per heavy atom. The highest BCUT2D eigenvalue weighted by molar-refractivity contribution is 5.05. The van der Waals surface area contributed by atoms with Crippen LogP contribution in [0.4, 0.5) is 0 Å². The molecular weight excluding hydrogens is 434 g/mol. The number of nitrogens with one attached hydrogen (secondary N) is 2. The Kier molecular flexibility index (Phi) is 9.08. The van der Waals surface area contributed by atoms with Gasteiger partial charge in [0.15, 0.2) is 6.29 Å². The SMILES string of the molecule is CCN[C@@H]1C[C@@H](N)[C@H](O[C@H]2OC(CN)=CC[C@H]2N)[C@H](O)[C@@H]1O[C@H]1OC[C@](C)(O)[C@@H](NC)[C@H]1O. The lowest BCUT2D eigenvalue weighted by atomic mass is 9.83. The fraction of sp³-hybridized carbons (Fsp3) is 0.905. The van der Waals surface area contributed by atoms with E-state index in [1.54, 1.807) is 14.0 Å². The normalized spacial score (nSPS) is 46.5. The topological polar surface area (TPSA) is 200 Å². The summed E-state index contributed by atoms with van der Waals surface area (Å²) in [6, 6.07) is -1.95. The molecule has 11 N–H and O–H groups in total. The predicted molar refractivity (Wildman–Crippen MR) is 120 cm³/mol. The summed E-state index contributed by atoms with van der Waals surface area (Å²) >= 11 is 0. The largest absolute Gasteiger partial charge is 0.467 e. The molecule has 0 unspecified atom stereocenters. The van der Waals surface area contributed by atoms with Gasteiger partial charge < -0.3 is 62.1 Å². The number of ether oxygens (including phenoxy) is 4. The zero-order chi connectivity index (χ0) is 24.3. The lowest BCUT2D eigenvalue weighted by Crippen LogP contribution is -2.69. The minimum Gasteiger partial charge on any atom is -0.467 e. The molecule has 11 atom stereocenters. The molecule has 2 heterocycles. The zero-order valence-corrected chi connectivity index (χ0v) is 19.6.